The van der Waals surface area contributed by atoms with Gasteiger partial charge in [0.2, 0.25) is 5.88 Å². The fourth-order valence-corrected chi connectivity index (χ4v) is 5.40. The van der Waals surface area contributed by atoms with Crippen LogP contribution in [0.4, 0.5) is 0 Å². The summed E-state index contributed by atoms with van der Waals surface area (Å²) in [5.41, 5.74) is 10.4. The van der Waals surface area contributed by atoms with Crippen LogP contribution >= 0.6 is 23.2 Å². The summed E-state index contributed by atoms with van der Waals surface area (Å²) in [6.07, 6.45) is 0. The van der Waals surface area contributed by atoms with E-state index in [0.717, 1.165) is 22.3 Å². The van der Waals surface area contributed by atoms with Crippen molar-refractivity contribution in [3.8, 4) is 34.8 Å². The number of halogens is 2. The summed E-state index contributed by atoms with van der Waals surface area (Å²) in [7, 11) is 1.53. The van der Waals surface area contributed by atoms with E-state index in [0.29, 0.717) is 38.6 Å². The number of rotatable bonds is 9. The number of ether oxygens (including phenoxy) is 5. The lowest BCUT2D eigenvalue weighted by molar-refractivity contribution is -0.136. The summed E-state index contributed by atoms with van der Waals surface area (Å²) in [4.78, 5) is 12.6. The minimum atomic E-state index is -0.582. The van der Waals surface area contributed by atoms with Gasteiger partial charge in [0, 0.05) is 27.2 Å². The van der Waals surface area contributed by atoms with Crippen LogP contribution in [0, 0.1) is 25.2 Å². The standard InChI is InChI=1S/C34H28Cl2N2O6/c1-19-5-4-6-20(2)33(19)42-18-31(39)43-24-10-11-25-29(15-24)44-34(38)26(16-37)32(25)21-8-12-28(30(13-21)40-3)41-17-22-7-9-23(35)14-27(22)36/h4-15,32H,17-18,38H2,1-3H3. The van der Waals surface area contributed by atoms with E-state index in [-0.39, 0.29) is 30.4 Å². The van der Waals surface area contributed by atoms with E-state index in [2.05, 4.69) is 6.07 Å². The Bertz CT molecular complexity index is 1790. The van der Waals surface area contributed by atoms with Crippen LogP contribution in [0.1, 0.15) is 33.7 Å². The van der Waals surface area contributed by atoms with Crippen molar-refractivity contribution in [2.75, 3.05) is 13.7 Å². The fraction of sp³-hybridized carbons (Fsp3) is 0.176. The molecule has 4 aromatic carbocycles. The number of carbonyl (C=O) groups excluding carboxylic acids is 1. The number of aryl methyl sites for hydroxylation is 2. The highest BCUT2D eigenvalue weighted by molar-refractivity contribution is 6.35. The second-order valence-corrected chi connectivity index (χ2v) is 10.9. The minimum Gasteiger partial charge on any atom is -0.493 e. The quantitative estimate of drug-likeness (QED) is 0.150. The highest BCUT2D eigenvalue weighted by atomic mass is 35.5. The molecule has 1 heterocycles. The van der Waals surface area contributed by atoms with Gasteiger partial charge in [0.25, 0.3) is 0 Å². The van der Waals surface area contributed by atoms with Crippen molar-refractivity contribution in [3.63, 3.8) is 0 Å². The molecule has 2 N–H and O–H groups in total. The van der Waals surface area contributed by atoms with E-state index in [1.165, 1.54) is 7.11 Å². The lowest BCUT2D eigenvalue weighted by Crippen LogP contribution is -2.22. The average molecular weight is 632 g/mol. The Labute approximate surface area is 265 Å². The van der Waals surface area contributed by atoms with E-state index >= 15 is 0 Å². The second-order valence-electron chi connectivity index (χ2n) is 10.0. The summed E-state index contributed by atoms with van der Waals surface area (Å²) in [6.45, 7) is 3.74. The third kappa shape index (κ3) is 6.55. The molecule has 0 spiro atoms. The van der Waals surface area contributed by atoms with Gasteiger partial charge in [0.05, 0.1) is 13.0 Å². The van der Waals surface area contributed by atoms with Crippen molar-refractivity contribution in [2.24, 2.45) is 5.73 Å². The van der Waals surface area contributed by atoms with E-state index in [4.69, 9.17) is 52.6 Å². The summed E-state index contributed by atoms with van der Waals surface area (Å²) in [5.74, 6) is 0.960. The first-order chi connectivity index (χ1) is 21.2. The molecule has 0 amide bonds. The minimum absolute atomic E-state index is 0.0523. The third-order valence-corrected chi connectivity index (χ3v) is 7.67. The smallest absolute Gasteiger partial charge is 0.349 e. The maximum Gasteiger partial charge on any atom is 0.349 e. The van der Waals surface area contributed by atoms with Crippen LogP contribution in [0.2, 0.25) is 10.0 Å². The van der Waals surface area contributed by atoms with E-state index in [1.54, 1.807) is 48.5 Å². The highest BCUT2D eigenvalue weighted by Crippen LogP contribution is 2.45. The summed E-state index contributed by atoms with van der Waals surface area (Å²) in [6, 6.07) is 23.4. The van der Waals surface area contributed by atoms with Gasteiger partial charge >= 0.3 is 5.97 Å². The molecule has 1 aliphatic rings. The molecular formula is C34H28Cl2N2O6. The lowest BCUT2D eigenvalue weighted by atomic mass is 9.83. The topological polar surface area (TPSA) is 113 Å². The van der Waals surface area contributed by atoms with Crippen LogP contribution in [0.3, 0.4) is 0 Å². The van der Waals surface area contributed by atoms with E-state index < -0.39 is 11.9 Å². The first kappa shape index (κ1) is 30.6. The molecule has 0 saturated carbocycles. The van der Waals surface area contributed by atoms with Gasteiger partial charge in [-0.05, 0) is 60.9 Å². The van der Waals surface area contributed by atoms with Crippen LogP contribution in [0.15, 0.2) is 84.3 Å². The zero-order valence-electron chi connectivity index (χ0n) is 24.1. The van der Waals surface area contributed by atoms with Gasteiger partial charge in [-0.25, -0.2) is 4.79 Å². The number of fused-ring (bicyclic) bond motifs is 1. The number of hydrogen-bond acceptors (Lipinski definition) is 8. The zero-order chi connectivity index (χ0) is 31.4. The van der Waals surface area contributed by atoms with E-state index in [9.17, 15) is 10.1 Å². The highest BCUT2D eigenvalue weighted by Gasteiger charge is 2.32. The SMILES string of the molecule is COc1cc(C2C(C#N)=C(N)Oc3cc(OC(=O)COc4c(C)cccc4C)ccc32)ccc1OCc1ccc(Cl)cc1Cl. The molecular weight excluding hydrogens is 603 g/mol. The van der Waals surface area contributed by atoms with Gasteiger partial charge < -0.3 is 29.4 Å². The largest absolute Gasteiger partial charge is 0.493 e. The van der Waals surface area contributed by atoms with Crippen molar-refractivity contribution in [3.05, 3.63) is 122 Å². The molecule has 5 rings (SSSR count). The van der Waals surface area contributed by atoms with Crippen molar-refractivity contribution in [2.45, 2.75) is 26.4 Å². The lowest BCUT2D eigenvalue weighted by Gasteiger charge is -2.27. The van der Waals surface area contributed by atoms with Gasteiger partial charge in [-0.3, -0.25) is 0 Å². The molecule has 0 radical (unpaired) electrons. The molecule has 224 valence electrons. The van der Waals surface area contributed by atoms with Crippen molar-refractivity contribution >= 4 is 29.2 Å². The average Bonchev–Trinajstić information content (AvgIpc) is 2.99. The van der Waals surface area contributed by atoms with Gasteiger partial charge in [-0.15, -0.1) is 0 Å². The fourth-order valence-electron chi connectivity index (χ4n) is 4.94. The number of nitrogens with zero attached hydrogens (tertiary/aromatic N) is 1. The molecule has 0 aromatic heterocycles. The van der Waals surface area contributed by atoms with E-state index in [1.807, 2.05) is 38.1 Å². The van der Waals surface area contributed by atoms with Gasteiger partial charge in [-0.2, -0.15) is 5.26 Å². The third-order valence-electron chi connectivity index (χ3n) is 7.08. The summed E-state index contributed by atoms with van der Waals surface area (Å²) >= 11 is 12.3. The number of esters is 1. The normalized spacial score (nSPS) is 13.8. The van der Waals surface area contributed by atoms with Crippen LogP contribution in [-0.2, 0) is 11.4 Å². The molecule has 1 unspecified atom stereocenters. The molecule has 44 heavy (non-hydrogen) atoms. The predicted molar refractivity (Wildman–Crippen MR) is 167 cm³/mol. The number of methoxy groups -OCH3 is 1. The first-order valence-electron chi connectivity index (χ1n) is 13.5. The Morgan fingerprint density at radius 3 is 2.45 bits per heavy atom. The molecule has 1 aliphatic heterocycles. The second kappa shape index (κ2) is 13.2. The van der Waals surface area contributed by atoms with Crippen LogP contribution in [0.5, 0.6) is 28.7 Å². The number of para-hydroxylation sites is 1. The number of nitrogens with two attached hydrogens (primary N) is 1. The molecule has 0 aliphatic carbocycles. The Kier molecular flexibility index (Phi) is 9.19. The Hall–Kier alpha value is -4.84. The Morgan fingerprint density at radius 1 is 0.977 bits per heavy atom. The van der Waals surface area contributed by atoms with Crippen molar-refractivity contribution < 1.29 is 28.5 Å². The van der Waals surface area contributed by atoms with Gasteiger partial charge in [0.1, 0.15) is 35.5 Å². The number of carbonyl (C=O) groups is 1. The van der Waals surface area contributed by atoms with Gasteiger partial charge in [0.15, 0.2) is 18.1 Å². The Balaban J connectivity index is 1.36. The Morgan fingerprint density at radius 2 is 1.75 bits per heavy atom. The number of nitriles is 1. The maximum absolute atomic E-state index is 12.6. The molecule has 8 nitrogen and oxygen atoms in total. The summed E-state index contributed by atoms with van der Waals surface area (Å²) in [5, 5.41) is 11.0. The molecule has 0 saturated heterocycles. The zero-order valence-corrected chi connectivity index (χ0v) is 25.7. The molecule has 0 fully saturated rings. The monoisotopic (exact) mass is 630 g/mol. The molecule has 4 aromatic rings. The molecule has 10 heteroatoms. The first-order valence-corrected chi connectivity index (χ1v) is 14.3. The number of hydrogen-bond donors (Lipinski definition) is 1. The number of allylic oxidation sites excluding steroid dienone is 1. The van der Waals surface area contributed by atoms with Crippen molar-refractivity contribution in [1.82, 2.24) is 0 Å². The summed E-state index contributed by atoms with van der Waals surface area (Å²) < 4.78 is 28.6. The van der Waals surface area contributed by atoms with Crippen LogP contribution < -0.4 is 29.4 Å². The van der Waals surface area contributed by atoms with Crippen LogP contribution in [0.25, 0.3) is 0 Å². The van der Waals surface area contributed by atoms with Crippen LogP contribution in [-0.4, -0.2) is 19.7 Å². The number of benzene rings is 4. The van der Waals surface area contributed by atoms with Crippen molar-refractivity contribution in [1.29, 1.82) is 5.26 Å². The predicted octanol–water partition coefficient (Wildman–Crippen LogP) is 7.40. The molecule has 0 bridgehead atoms. The van der Waals surface area contributed by atoms with Gasteiger partial charge in [-0.1, -0.05) is 59.6 Å². The maximum atomic E-state index is 12.6. The molecule has 1 atom stereocenters.